The van der Waals surface area contributed by atoms with E-state index in [9.17, 15) is 14.7 Å². The van der Waals surface area contributed by atoms with Crippen LogP contribution in [0.15, 0.2) is 77.6 Å². The minimum absolute atomic E-state index is 0.0356. The Balaban J connectivity index is 1.48. The van der Waals surface area contributed by atoms with Crippen LogP contribution in [0.4, 0.5) is 0 Å². The number of pyridine rings is 1. The van der Waals surface area contributed by atoms with Crippen molar-refractivity contribution < 1.29 is 9.90 Å². The van der Waals surface area contributed by atoms with Gasteiger partial charge in [0, 0.05) is 53.8 Å². The van der Waals surface area contributed by atoms with Crippen LogP contribution in [0.5, 0.6) is 0 Å². The molecule has 4 aromatic rings. The number of aliphatic carboxylic acids is 1. The van der Waals surface area contributed by atoms with Gasteiger partial charge in [0.25, 0.3) is 5.56 Å². The average molecular weight is 440 g/mol. The van der Waals surface area contributed by atoms with Gasteiger partial charge in [-0.25, -0.2) is 0 Å². The summed E-state index contributed by atoms with van der Waals surface area (Å²) in [5.41, 5.74) is 4.64. The third kappa shape index (κ3) is 3.29. The van der Waals surface area contributed by atoms with Crippen LogP contribution >= 0.6 is 0 Å². The van der Waals surface area contributed by atoms with Gasteiger partial charge < -0.3 is 14.7 Å². The summed E-state index contributed by atoms with van der Waals surface area (Å²) in [4.78, 5) is 30.8. The van der Waals surface area contributed by atoms with Crippen molar-refractivity contribution in [1.82, 2.24) is 14.5 Å². The molecule has 0 radical (unpaired) electrons. The fourth-order valence-electron chi connectivity index (χ4n) is 5.89. The molecule has 0 aliphatic carbocycles. The topological polar surface area (TPSA) is 78.3 Å². The standard InChI is InChI=1S/C27H25N3O3/c31-23-12-6-11-22-19-13-17(15-30(22)23)14-29(16-19)26(27(32)33)24-20-9-4-5-10-21(20)28-25(24)18-7-2-1-3-8-18/h1-12,17,19,26,28H,13-16H2,(H,32,33)/t17-,19+,26+/m1/s1. The normalized spacial score (nSPS) is 21.0. The molecular weight excluding hydrogens is 414 g/mol. The van der Waals surface area contributed by atoms with Gasteiger partial charge in [-0.1, -0.05) is 54.6 Å². The summed E-state index contributed by atoms with van der Waals surface area (Å²) in [6.45, 7) is 1.92. The molecule has 2 aliphatic rings. The number of piperidine rings is 1. The molecule has 0 amide bonds. The predicted molar refractivity (Wildman–Crippen MR) is 127 cm³/mol. The van der Waals surface area contributed by atoms with Crippen LogP contribution < -0.4 is 5.56 Å². The highest BCUT2D eigenvalue weighted by atomic mass is 16.4. The summed E-state index contributed by atoms with van der Waals surface area (Å²) in [5.74, 6) is -0.440. The number of aromatic amines is 1. The fourth-order valence-corrected chi connectivity index (χ4v) is 5.89. The smallest absolute Gasteiger partial charge is 0.325 e. The monoisotopic (exact) mass is 439 g/mol. The summed E-state index contributed by atoms with van der Waals surface area (Å²) in [6.07, 6.45) is 0.992. The Morgan fingerprint density at radius 1 is 0.939 bits per heavy atom. The maximum Gasteiger partial charge on any atom is 0.325 e. The molecule has 1 fully saturated rings. The summed E-state index contributed by atoms with van der Waals surface area (Å²) >= 11 is 0. The van der Waals surface area contributed by atoms with E-state index in [0.717, 1.165) is 39.8 Å². The first kappa shape index (κ1) is 20.0. The van der Waals surface area contributed by atoms with Crippen LogP contribution in [-0.4, -0.2) is 38.6 Å². The number of fused-ring (bicyclic) bond motifs is 5. The van der Waals surface area contributed by atoms with Crippen LogP contribution in [0.2, 0.25) is 0 Å². The zero-order valence-corrected chi connectivity index (χ0v) is 18.1. The van der Waals surface area contributed by atoms with Crippen molar-refractivity contribution in [2.24, 2.45) is 5.92 Å². The number of nitrogens with one attached hydrogen (secondary N) is 1. The van der Waals surface area contributed by atoms with Crippen molar-refractivity contribution in [3.05, 3.63) is 94.4 Å². The highest BCUT2D eigenvalue weighted by Crippen LogP contribution is 2.42. The average Bonchev–Trinajstić information content (AvgIpc) is 3.20. The second kappa shape index (κ2) is 7.74. The van der Waals surface area contributed by atoms with E-state index in [4.69, 9.17) is 0 Å². The lowest BCUT2D eigenvalue weighted by molar-refractivity contribution is -0.144. The molecule has 2 aliphatic heterocycles. The quantitative estimate of drug-likeness (QED) is 0.499. The Morgan fingerprint density at radius 3 is 2.55 bits per heavy atom. The van der Waals surface area contributed by atoms with E-state index < -0.39 is 12.0 Å². The maximum absolute atomic E-state index is 12.8. The van der Waals surface area contributed by atoms with Crippen LogP contribution in [0.3, 0.4) is 0 Å². The maximum atomic E-state index is 12.8. The van der Waals surface area contributed by atoms with Gasteiger partial charge in [-0.3, -0.25) is 14.5 Å². The number of aromatic nitrogens is 2. The Morgan fingerprint density at radius 2 is 1.73 bits per heavy atom. The van der Waals surface area contributed by atoms with Gasteiger partial charge in [-0.15, -0.1) is 0 Å². The molecule has 166 valence electrons. The minimum atomic E-state index is -0.845. The molecule has 0 spiro atoms. The summed E-state index contributed by atoms with van der Waals surface area (Å²) < 4.78 is 1.88. The number of likely N-dealkylation sites (tertiary alicyclic amines) is 1. The molecular formula is C27H25N3O3. The molecule has 3 atom stereocenters. The predicted octanol–water partition coefficient (Wildman–Crippen LogP) is 4.24. The number of nitrogens with zero attached hydrogens (tertiary/aromatic N) is 2. The fraction of sp³-hybridized carbons (Fsp3) is 0.259. The molecule has 0 saturated carbocycles. The molecule has 6 rings (SSSR count). The zero-order valence-electron chi connectivity index (χ0n) is 18.1. The number of carbonyl (C=O) groups is 1. The molecule has 2 N–H and O–H groups in total. The third-order valence-corrected chi connectivity index (χ3v) is 7.19. The molecule has 2 aromatic heterocycles. The second-order valence-electron chi connectivity index (χ2n) is 9.22. The third-order valence-electron chi connectivity index (χ3n) is 7.19. The molecule has 6 nitrogen and oxygen atoms in total. The number of hydrogen-bond acceptors (Lipinski definition) is 3. The largest absolute Gasteiger partial charge is 0.480 e. The first-order valence-corrected chi connectivity index (χ1v) is 11.4. The van der Waals surface area contributed by atoms with Gasteiger partial charge >= 0.3 is 5.97 Å². The van der Waals surface area contributed by atoms with Crippen molar-refractivity contribution in [3.63, 3.8) is 0 Å². The van der Waals surface area contributed by atoms with Crippen molar-refractivity contribution in [2.45, 2.75) is 24.9 Å². The number of H-pyrrole nitrogens is 1. The summed E-state index contributed by atoms with van der Waals surface area (Å²) in [5, 5.41) is 11.5. The number of rotatable bonds is 4. The van der Waals surface area contributed by atoms with Crippen LogP contribution in [0.25, 0.3) is 22.2 Å². The molecule has 2 aromatic carbocycles. The molecule has 6 heteroatoms. The van der Waals surface area contributed by atoms with E-state index in [0.29, 0.717) is 19.6 Å². The molecule has 33 heavy (non-hydrogen) atoms. The number of carboxylic acids is 1. The zero-order chi connectivity index (χ0) is 22.5. The number of carboxylic acid groups (broad SMARTS) is 1. The first-order valence-electron chi connectivity index (χ1n) is 11.4. The number of para-hydroxylation sites is 1. The van der Waals surface area contributed by atoms with Crippen molar-refractivity contribution >= 4 is 16.9 Å². The van der Waals surface area contributed by atoms with E-state index in [1.165, 1.54) is 0 Å². The van der Waals surface area contributed by atoms with E-state index in [1.807, 2.05) is 71.3 Å². The SMILES string of the molecule is O=C(O)[C@H](c1c(-c2ccccc2)[nH]c2ccccc12)N1C[C@H]2C[C@@H](C1)c1cccc(=O)n1C2. The number of benzene rings is 2. The Bertz CT molecular complexity index is 1410. The van der Waals surface area contributed by atoms with Gasteiger partial charge in [0.1, 0.15) is 6.04 Å². The van der Waals surface area contributed by atoms with Crippen LogP contribution in [0.1, 0.15) is 29.6 Å². The lowest BCUT2D eigenvalue weighted by atomic mass is 9.81. The number of hydrogen-bond donors (Lipinski definition) is 2. The molecule has 1 saturated heterocycles. The van der Waals surface area contributed by atoms with Gasteiger partial charge in [-0.05, 0) is 30.0 Å². The molecule has 0 unspecified atom stereocenters. The Kier molecular flexibility index (Phi) is 4.69. The highest BCUT2D eigenvalue weighted by Gasteiger charge is 2.41. The van der Waals surface area contributed by atoms with Crippen molar-refractivity contribution in [1.29, 1.82) is 0 Å². The highest BCUT2D eigenvalue weighted by molar-refractivity contribution is 5.95. The van der Waals surface area contributed by atoms with Gasteiger partial charge in [-0.2, -0.15) is 0 Å². The van der Waals surface area contributed by atoms with E-state index in [-0.39, 0.29) is 17.4 Å². The lowest BCUT2D eigenvalue weighted by Crippen LogP contribution is -2.49. The van der Waals surface area contributed by atoms with Gasteiger partial charge in [0.05, 0.1) is 5.69 Å². The van der Waals surface area contributed by atoms with Crippen LogP contribution in [0, 0.1) is 5.92 Å². The van der Waals surface area contributed by atoms with Gasteiger partial charge in [0.15, 0.2) is 0 Å². The van der Waals surface area contributed by atoms with Gasteiger partial charge in [0.2, 0.25) is 0 Å². The lowest BCUT2D eigenvalue weighted by Gasteiger charge is -2.44. The first-order chi connectivity index (χ1) is 16.1. The van der Waals surface area contributed by atoms with E-state index in [1.54, 1.807) is 6.07 Å². The van der Waals surface area contributed by atoms with E-state index in [2.05, 4.69) is 9.88 Å². The van der Waals surface area contributed by atoms with Crippen molar-refractivity contribution in [3.8, 4) is 11.3 Å². The summed E-state index contributed by atoms with van der Waals surface area (Å²) in [6, 6.07) is 22.5. The van der Waals surface area contributed by atoms with E-state index >= 15 is 0 Å². The Labute approximate surface area is 191 Å². The van der Waals surface area contributed by atoms with Crippen molar-refractivity contribution in [2.75, 3.05) is 13.1 Å². The molecule has 2 bridgehead atoms. The minimum Gasteiger partial charge on any atom is -0.480 e. The van der Waals surface area contributed by atoms with Crippen LogP contribution in [-0.2, 0) is 11.3 Å². The summed E-state index contributed by atoms with van der Waals surface area (Å²) in [7, 11) is 0. The second-order valence-corrected chi connectivity index (χ2v) is 9.22. The molecule has 4 heterocycles. The Hall–Kier alpha value is -3.64.